The molecule has 0 unspecified atom stereocenters. The van der Waals surface area contributed by atoms with Gasteiger partial charge in [0.25, 0.3) is 5.91 Å². The highest BCUT2D eigenvalue weighted by atomic mass is 32.2. The van der Waals surface area contributed by atoms with E-state index in [9.17, 15) is 17.6 Å². The standard InChI is InChI=1S/C22H19FN4O5S2/c1-3-34(29,30)22-26-33-21-25-20(28)16(19(24)27(21)22)10-14-6-9-17(18(11-14)31-2)32-12-13-4-7-15(23)8-5-13/h4-11,24H,3,12H2,1-2H3/b16-10-,24-19?. The van der Waals surface area contributed by atoms with Crippen molar-refractivity contribution in [2.45, 2.75) is 13.5 Å². The number of ether oxygens (including phenoxy) is 2. The summed E-state index contributed by atoms with van der Waals surface area (Å²) in [4.78, 5) is 17.5. The van der Waals surface area contributed by atoms with Gasteiger partial charge in [0.1, 0.15) is 18.3 Å². The Morgan fingerprint density at radius 3 is 2.59 bits per heavy atom. The fourth-order valence-electron chi connectivity index (χ4n) is 3.13. The number of nitrogens with zero attached hydrogens (tertiary/aromatic N) is 3. The van der Waals surface area contributed by atoms with Crippen LogP contribution in [0, 0.1) is 11.2 Å². The zero-order valence-corrected chi connectivity index (χ0v) is 19.7. The first-order valence-electron chi connectivity index (χ1n) is 10.0. The van der Waals surface area contributed by atoms with Gasteiger partial charge in [0, 0.05) is 0 Å². The number of nitrogens with one attached hydrogen (secondary N) is 1. The summed E-state index contributed by atoms with van der Waals surface area (Å²) in [5.74, 6) is -0.735. The van der Waals surface area contributed by atoms with Crippen molar-refractivity contribution in [2.24, 2.45) is 9.39 Å². The summed E-state index contributed by atoms with van der Waals surface area (Å²) >= 11 is 0.743. The van der Waals surface area contributed by atoms with Crippen LogP contribution in [0.25, 0.3) is 6.08 Å². The van der Waals surface area contributed by atoms with Crippen LogP contribution in [0.15, 0.2) is 57.4 Å². The molecule has 0 radical (unpaired) electrons. The summed E-state index contributed by atoms with van der Waals surface area (Å²) in [6.45, 7) is 1.66. The Bertz CT molecular complexity index is 1370. The molecule has 2 aliphatic heterocycles. The molecule has 2 aromatic carbocycles. The molecule has 0 saturated heterocycles. The van der Waals surface area contributed by atoms with Crippen LogP contribution in [0.2, 0.25) is 0 Å². The van der Waals surface area contributed by atoms with E-state index in [1.165, 1.54) is 32.2 Å². The van der Waals surface area contributed by atoms with Gasteiger partial charge in [-0.15, -0.1) is 0 Å². The van der Waals surface area contributed by atoms with Gasteiger partial charge >= 0.3 is 0 Å². The number of rotatable bonds is 6. The van der Waals surface area contributed by atoms with Crippen molar-refractivity contribution in [1.82, 2.24) is 4.90 Å². The smallest absolute Gasteiger partial charge is 0.283 e. The molecule has 176 valence electrons. The molecule has 0 aromatic heterocycles. The molecule has 2 aromatic rings. The summed E-state index contributed by atoms with van der Waals surface area (Å²) in [6, 6.07) is 10.8. The number of hydrogen-bond donors (Lipinski definition) is 1. The number of fused-ring (bicyclic) bond motifs is 1. The number of hydrogen-bond acceptors (Lipinski definition) is 8. The fraction of sp³-hybridized carbons (Fsp3) is 0.182. The molecule has 12 heteroatoms. The first-order chi connectivity index (χ1) is 16.2. The number of carbonyl (C=O) groups is 1. The largest absolute Gasteiger partial charge is 0.493 e. The van der Waals surface area contributed by atoms with Gasteiger partial charge in [0.05, 0.1) is 30.4 Å². The van der Waals surface area contributed by atoms with Gasteiger partial charge in [0.15, 0.2) is 11.5 Å². The Morgan fingerprint density at radius 2 is 1.91 bits per heavy atom. The number of amides is 1. The highest BCUT2D eigenvalue weighted by Gasteiger charge is 2.42. The monoisotopic (exact) mass is 502 g/mol. The molecular formula is C22H19FN4O5S2. The Morgan fingerprint density at radius 1 is 1.18 bits per heavy atom. The number of sulfone groups is 1. The lowest BCUT2D eigenvalue weighted by Gasteiger charge is -2.24. The highest BCUT2D eigenvalue weighted by molar-refractivity contribution is 8.16. The van der Waals surface area contributed by atoms with E-state index in [2.05, 4.69) is 9.39 Å². The fourth-order valence-corrected chi connectivity index (χ4v) is 5.09. The summed E-state index contributed by atoms with van der Waals surface area (Å²) in [6.07, 6.45) is 1.43. The quantitative estimate of drug-likeness (QED) is 0.474. The van der Waals surface area contributed by atoms with Crippen molar-refractivity contribution >= 4 is 49.9 Å². The maximum atomic E-state index is 13.1. The molecule has 9 nitrogen and oxygen atoms in total. The zero-order valence-electron chi connectivity index (χ0n) is 18.1. The van der Waals surface area contributed by atoms with Crippen molar-refractivity contribution in [3.05, 3.63) is 65.0 Å². The lowest BCUT2D eigenvalue weighted by Crippen LogP contribution is -2.45. The van der Waals surface area contributed by atoms with Crippen LogP contribution in [0.4, 0.5) is 4.39 Å². The Kier molecular flexibility index (Phi) is 6.53. The minimum absolute atomic E-state index is 0.0290. The first kappa shape index (κ1) is 23.6. The van der Waals surface area contributed by atoms with Crippen LogP contribution >= 0.6 is 11.9 Å². The van der Waals surface area contributed by atoms with E-state index in [-0.39, 0.29) is 39.9 Å². The van der Waals surface area contributed by atoms with Crippen LogP contribution in [-0.4, -0.2) is 48.3 Å². The SMILES string of the molecule is CCS(=O)(=O)C1=NSC2=NC(=O)/C(=C\c3ccc(OCc4ccc(F)cc4)c(OC)c3)C(=N)N21. The molecular weight excluding hydrogens is 483 g/mol. The van der Waals surface area contributed by atoms with E-state index in [1.54, 1.807) is 30.3 Å². The van der Waals surface area contributed by atoms with E-state index >= 15 is 0 Å². The van der Waals surface area contributed by atoms with Gasteiger partial charge in [0.2, 0.25) is 20.2 Å². The maximum Gasteiger partial charge on any atom is 0.283 e. The lowest BCUT2D eigenvalue weighted by molar-refractivity contribution is -0.114. The van der Waals surface area contributed by atoms with E-state index in [1.807, 2.05) is 0 Å². The van der Waals surface area contributed by atoms with Crippen molar-refractivity contribution in [1.29, 1.82) is 5.41 Å². The van der Waals surface area contributed by atoms with Gasteiger partial charge in [-0.1, -0.05) is 25.1 Å². The van der Waals surface area contributed by atoms with Crippen LogP contribution in [0.1, 0.15) is 18.1 Å². The molecule has 4 rings (SSSR count). The summed E-state index contributed by atoms with van der Waals surface area (Å²) in [5.41, 5.74) is 1.20. The number of halogens is 1. The number of carbonyl (C=O) groups excluding carboxylic acids is 1. The number of amidine groups is 3. The Hall–Kier alpha value is -3.51. The van der Waals surface area contributed by atoms with Crippen molar-refractivity contribution < 1.29 is 27.1 Å². The summed E-state index contributed by atoms with van der Waals surface area (Å²) in [7, 11) is -2.27. The molecule has 2 heterocycles. The average Bonchev–Trinajstić information content (AvgIpc) is 3.26. The van der Waals surface area contributed by atoms with Gasteiger partial charge in [-0.2, -0.15) is 9.39 Å². The minimum atomic E-state index is -3.73. The van der Waals surface area contributed by atoms with E-state index in [4.69, 9.17) is 14.9 Å². The van der Waals surface area contributed by atoms with Gasteiger partial charge < -0.3 is 9.47 Å². The highest BCUT2D eigenvalue weighted by Crippen LogP contribution is 2.32. The second kappa shape index (κ2) is 9.39. The van der Waals surface area contributed by atoms with Crippen LogP contribution in [0.5, 0.6) is 11.5 Å². The number of aliphatic imine (C=N–C) groups is 1. The predicted molar refractivity (Wildman–Crippen MR) is 128 cm³/mol. The molecule has 0 fully saturated rings. The second-order valence-corrected chi connectivity index (χ2v) is 10.0. The first-order valence-corrected chi connectivity index (χ1v) is 12.4. The summed E-state index contributed by atoms with van der Waals surface area (Å²) < 4.78 is 52.9. The predicted octanol–water partition coefficient (Wildman–Crippen LogP) is 3.42. The Balaban J connectivity index is 1.59. The van der Waals surface area contributed by atoms with Crippen LogP contribution in [-0.2, 0) is 21.2 Å². The third-order valence-electron chi connectivity index (χ3n) is 4.96. The molecule has 2 aliphatic rings. The molecule has 1 N–H and O–H groups in total. The van der Waals surface area contributed by atoms with Gasteiger partial charge in [-0.25, -0.2) is 17.7 Å². The third-order valence-corrected chi connectivity index (χ3v) is 7.37. The Labute approximate surface area is 199 Å². The normalized spacial score (nSPS) is 16.9. The maximum absolute atomic E-state index is 13.1. The van der Waals surface area contributed by atoms with Crippen molar-refractivity contribution in [2.75, 3.05) is 12.9 Å². The lowest BCUT2D eigenvalue weighted by atomic mass is 10.1. The molecule has 0 atom stereocenters. The van der Waals surface area contributed by atoms with E-state index in [0.717, 1.165) is 22.4 Å². The molecule has 1 amide bonds. The molecule has 0 bridgehead atoms. The van der Waals surface area contributed by atoms with Crippen molar-refractivity contribution in [3.8, 4) is 11.5 Å². The summed E-state index contributed by atoms with van der Waals surface area (Å²) in [5, 5.41) is 8.18. The number of methoxy groups -OCH3 is 1. The van der Waals surface area contributed by atoms with Crippen LogP contribution in [0.3, 0.4) is 0 Å². The topological polar surface area (TPSA) is 121 Å². The van der Waals surface area contributed by atoms with E-state index in [0.29, 0.717) is 17.1 Å². The third kappa shape index (κ3) is 4.59. The van der Waals surface area contributed by atoms with Crippen LogP contribution < -0.4 is 9.47 Å². The number of benzene rings is 2. The second-order valence-electron chi connectivity index (χ2n) is 7.14. The molecule has 34 heavy (non-hydrogen) atoms. The molecule has 0 saturated carbocycles. The van der Waals surface area contributed by atoms with E-state index < -0.39 is 15.7 Å². The van der Waals surface area contributed by atoms with Gasteiger partial charge in [-0.3, -0.25) is 10.2 Å². The molecule has 0 aliphatic carbocycles. The average molecular weight is 503 g/mol. The minimum Gasteiger partial charge on any atom is -0.493 e. The molecule has 0 spiro atoms. The zero-order chi connectivity index (χ0) is 24.5. The van der Waals surface area contributed by atoms with Crippen molar-refractivity contribution in [3.63, 3.8) is 0 Å². The van der Waals surface area contributed by atoms with Gasteiger partial charge in [-0.05, 0) is 41.5 Å².